The van der Waals surface area contributed by atoms with E-state index in [1.54, 1.807) is 7.11 Å². The molecule has 1 aliphatic rings. The van der Waals surface area contributed by atoms with E-state index in [0.29, 0.717) is 23.9 Å². The van der Waals surface area contributed by atoms with E-state index >= 15 is 0 Å². The lowest BCUT2D eigenvalue weighted by atomic mass is 10.3. The van der Waals surface area contributed by atoms with Crippen LogP contribution in [0.1, 0.15) is 6.92 Å². The average Bonchev–Trinajstić information content (AvgIpc) is 2.52. The molecule has 0 saturated carbocycles. The number of methoxy groups -OCH3 is 1. The van der Waals surface area contributed by atoms with E-state index in [0.717, 1.165) is 39.4 Å². The highest BCUT2D eigenvalue weighted by atomic mass is 16.5. The van der Waals surface area contributed by atoms with Crippen LogP contribution < -0.4 is 16.4 Å². The Kier molecular flexibility index (Phi) is 6.63. The van der Waals surface area contributed by atoms with Gasteiger partial charge in [0.1, 0.15) is 12.0 Å². The molecular weight excluding hydrogens is 284 g/mol. The van der Waals surface area contributed by atoms with Crippen LogP contribution in [0.4, 0.5) is 17.3 Å². The zero-order chi connectivity index (χ0) is 15.8. The quantitative estimate of drug-likeness (QED) is 0.628. The van der Waals surface area contributed by atoms with Gasteiger partial charge in [-0.15, -0.1) is 0 Å². The third-order valence-electron chi connectivity index (χ3n) is 3.51. The number of ether oxygens (including phenoxy) is 2. The topological polar surface area (TPSA) is 97.6 Å². The minimum atomic E-state index is 0.128. The Morgan fingerprint density at radius 3 is 2.82 bits per heavy atom. The Labute approximate surface area is 131 Å². The lowest BCUT2D eigenvalue weighted by molar-refractivity contribution is 0.0398. The highest BCUT2D eigenvalue weighted by molar-refractivity contribution is 5.74. The minimum Gasteiger partial charge on any atom is -0.393 e. The average molecular weight is 310 g/mol. The van der Waals surface area contributed by atoms with Crippen LogP contribution >= 0.6 is 0 Å². The highest BCUT2D eigenvalue weighted by Crippen LogP contribution is 2.22. The standard InChI is InChI=1S/C14H26N6O2/c1-11(9-21-2)19-14-12(15)13(17-10-18-14)16-3-4-20-5-7-22-8-6-20/h10-11H,3-9,15H2,1-2H3,(H2,16,17,18,19). The molecular formula is C14H26N6O2. The van der Waals surface area contributed by atoms with E-state index in [2.05, 4.69) is 25.5 Å². The maximum Gasteiger partial charge on any atom is 0.155 e. The number of nitrogens with one attached hydrogen (secondary N) is 2. The number of aromatic nitrogens is 2. The molecule has 0 aliphatic carbocycles. The maximum absolute atomic E-state index is 6.12. The first-order valence-electron chi connectivity index (χ1n) is 7.60. The fraction of sp³-hybridized carbons (Fsp3) is 0.714. The Morgan fingerprint density at radius 2 is 2.09 bits per heavy atom. The molecule has 0 bridgehead atoms. The van der Waals surface area contributed by atoms with Crippen LogP contribution in [0.2, 0.25) is 0 Å². The summed E-state index contributed by atoms with van der Waals surface area (Å²) in [4.78, 5) is 10.8. The second-order valence-corrected chi connectivity index (χ2v) is 5.37. The lowest BCUT2D eigenvalue weighted by Gasteiger charge is -2.26. The van der Waals surface area contributed by atoms with E-state index in [1.165, 1.54) is 6.33 Å². The summed E-state index contributed by atoms with van der Waals surface area (Å²) in [6.45, 7) is 7.89. The third-order valence-corrected chi connectivity index (χ3v) is 3.51. The number of anilines is 3. The van der Waals surface area contributed by atoms with Gasteiger partial charge in [-0.2, -0.15) is 0 Å². The van der Waals surface area contributed by atoms with Crippen LogP contribution in [0, 0.1) is 0 Å². The summed E-state index contributed by atoms with van der Waals surface area (Å²) in [6.07, 6.45) is 1.51. The third kappa shape index (κ3) is 4.97. The molecule has 1 aromatic heterocycles. The molecule has 1 saturated heterocycles. The molecule has 1 aromatic rings. The molecule has 1 fully saturated rings. The maximum atomic E-state index is 6.12. The Balaban J connectivity index is 1.85. The van der Waals surface area contributed by atoms with Gasteiger partial charge in [0.15, 0.2) is 11.6 Å². The first-order valence-corrected chi connectivity index (χ1v) is 7.60. The molecule has 1 unspecified atom stereocenters. The zero-order valence-electron chi connectivity index (χ0n) is 13.3. The molecule has 0 radical (unpaired) electrons. The van der Waals surface area contributed by atoms with Gasteiger partial charge in [-0.25, -0.2) is 9.97 Å². The van der Waals surface area contributed by atoms with Crippen molar-refractivity contribution in [3.8, 4) is 0 Å². The molecule has 124 valence electrons. The van der Waals surface area contributed by atoms with Crippen molar-refractivity contribution in [3.05, 3.63) is 6.33 Å². The van der Waals surface area contributed by atoms with Crippen molar-refractivity contribution in [2.45, 2.75) is 13.0 Å². The van der Waals surface area contributed by atoms with Crippen molar-refractivity contribution in [2.24, 2.45) is 0 Å². The van der Waals surface area contributed by atoms with Crippen LogP contribution in [0.15, 0.2) is 6.33 Å². The first kappa shape index (κ1) is 16.7. The smallest absolute Gasteiger partial charge is 0.155 e. The summed E-state index contributed by atoms with van der Waals surface area (Å²) in [5, 5.41) is 6.50. The number of nitrogens with zero attached hydrogens (tertiary/aromatic N) is 3. The molecule has 0 aromatic carbocycles. The molecule has 2 rings (SSSR count). The molecule has 22 heavy (non-hydrogen) atoms. The van der Waals surface area contributed by atoms with E-state index < -0.39 is 0 Å². The number of morpholine rings is 1. The molecule has 1 aliphatic heterocycles. The van der Waals surface area contributed by atoms with Crippen LogP contribution in [-0.4, -0.2) is 74.0 Å². The Morgan fingerprint density at radius 1 is 1.36 bits per heavy atom. The zero-order valence-corrected chi connectivity index (χ0v) is 13.3. The van der Waals surface area contributed by atoms with E-state index in [-0.39, 0.29) is 6.04 Å². The van der Waals surface area contributed by atoms with Gasteiger partial charge in [-0.05, 0) is 6.92 Å². The second kappa shape index (κ2) is 8.72. The summed E-state index contributed by atoms with van der Waals surface area (Å²) in [5.74, 6) is 1.30. The van der Waals surface area contributed by atoms with Crippen molar-refractivity contribution >= 4 is 17.3 Å². The summed E-state index contributed by atoms with van der Waals surface area (Å²) >= 11 is 0. The van der Waals surface area contributed by atoms with Gasteiger partial charge >= 0.3 is 0 Å². The molecule has 1 atom stereocenters. The number of nitrogens with two attached hydrogens (primary N) is 1. The fourth-order valence-electron chi connectivity index (χ4n) is 2.33. The van der Waals surface area contributed by atoms with Crippen molar-refractivity contribution in [3.63, 3.8) is 0 Å². The van der Waals surface area contributed by atoms with Gasteiger partial charge in [0.2, 0.25) is 0 Å². The monoisotopic (exact) mass is 310 g/mol. The molecule has 0 spiro atoms. The first-order chi connectivity index (χ1) is 10.7. The predicted octanol–water partition coefficient (Wildman–Crippen LogP) is 0.250. The molecule has 8 heteroatoms. The van der Waals surface area contributed by atoms with Gasteiger partial charge in [0.25, 0.3) is 0 Å². The van der Waals surface area contributed by atoms with Crippen molar-refractivity contribution in [1.82, 2.24) is 14.9 Å². The molecule has 0 amide bonds. The summed E-state index contributed by atoms with van der Waals surface area (Å²) in [5.41, 5.74) is 6.66. The van der Waals surface area contributed by atoms with Crippen molar-refractivity contribution < 1.29 is 9.47 Å². The molecule has 4 N–H and O–H groups in total. The van der Waals surface area contributed by atoms with Gasteiger partial charge in [-0.1, -0.05) is 0 Å². The van der Waals surface area contributed by atoms with Crippen LogP contribution in [-0.2, 0) is 9.47 Å². The second-order valence-electron chi connectivity index (χ2n) is 5.37. The number of hydrogen-bond acceptors (Lipinski definition) is 8. The van der Waals surface area contributed by atoms with E-state index in [9.17, 15) is 0 Å². The molecule has 2 heterocycles. The molecule has 8 nitrogen and oxygen atoms in total. The van der Waals surface area contributed by atoms with Crippen LogP contribution in [0.3, 0.4) is 0 Å². The number of hydrogen-bond donors (Lipinski definition) is 3. The van der Waals surface area contributed by atoms with Crippen molar-refractivity contribution in [1.29, 1.82) is 0 Å². The number of nitrogen functional groups attached to an aromatic ring is 1. The summed E-state index contributed by atoms with van der Waals surface area (Å²) in [7, 11) is 1.67. The summed E-state index contributed by atoms with van der Waals surface area (Å²) in [6, 6.07) is 0.128. The van der Waals surface area contributed by atoms with Crippen LogP contribution in [0.25, 0.3) is 0 Å². The lowest BCUT2D eigenvalue weighted by Crippen LogP contribution is -2.39. The van der Waals surface area contributed by atoms with Gasteiger partial charge in [0, 0.05) is 39.3 Å². The predicted molar refractivity (Wildman–Crippen MR) is 87.2 cm³/mol. The van der Waals surface area contributed by atoms with Gasteiger partial charge < -0.3 is 25.8 Å². The normalized spacial score (nSPS) is 17.2. The van der Waals surface area contributed by atoms with Crippen LogP contribution in [0.5, 0.6) is 0 Å². The van der Waals surface area contributed by atoms with Gasteiger partial charge in [0.05, 0.1) is 19.8 Å². The van der Waals surface area contributed by atoms with E-state index in [4.69, 9.17) is 15.2 Å². The van der Waals surface area contributed by atoms with Gasteiger partial charge in [-0.3, -0.25) is 4.90 Å². The Bertz CT molecular complexity index is 453. The number of rotatable bonds is 8. The highest BCUT2D eigenvalue weighted by Gasteiger charge is 2.12. The van der Waals surface area contributed by atoms with E-state index in [1.807, 2.05) is 6.92 Å². The van der Waals surface area contributed by atoms with Crippen molar-refractivity contribution in [2.75, 3.05) is 69.5 Å². The largest absolute Gasteiger partial charge is 0.393 e. The fourth-order valence-corrected chi connectivity index (χ4v) is 2.33. The Hall–Kier alpha value is -1.64. The minimum absolute atomic E-state index is 0.128. The SMILES string of the molecule is COCC(C)Nc1ncnc(NCCN2CCOCC2)c1N. The summed E-state index contributed by atoms with van der Waals surface area (Å²) < 4.78 is 10.4.